The lowest BCUT2D eigenvalue weighted by Crippen LogP contribution is -2.40. The van der Waals surface area contributed by atoms with Crippen LogP contribution in [0.15, 0.2) is 5.38 Å². The van der Waals surface area contributed by atoms with E-state index in [4.69, 9.17) is 4.74 Å². The molecule has 0 aromatic carbocycles. The Balaban J connectivity index is 2.03. The molecule has 0 atom stereocenters. The van der Waals surface area contributed by atoms with Gasteiger partial charge in [-0.2, -0.15) is 0 Å². The van der Waals surface area contributed by atoms with Crippen molar-refractivity contribution in [2.45, 2.75) is 6.92 Å². The minimum atomic E-state index is -0.190. The van der Waals surface area contributed by atoms with Crippen LogP contribution in [0.5, 0.6) is 0 Å². The van der Waals surface area contributed by atoms with Crippen molar-refractivity contribution in [2.75, 3.05) is 31.6 Å². The van der Waals surface area contributed by atoms with E-state index in [1.54, 1.807) is 10.3 Å². The van der Waals surface area contributed by atoms with Crippen LogP contribution in [0.2, 0.25) is 0 Å². The van der Waals surface area contributed by atoms with Crippen LogP contribution in [0.1, 0.15) is 17.4 Å². The maximum atomic E-state index is 12.0. The van der Waals surface area contributed by atoms with Crippen LogP contribution in [0, 0.1) is 0 Å². The molecule has 92 valence electrons. The number of amides is 2. The second kappa shape index (κ2) is 5.24. The molecule has 2 rings (SSSR count). The smallest absolute Gasteiger partial charge is 0.273 e. The van der Waals surface area contributed by atoms with Gasteiger partial charge in [0, 0.05) is 25.4 Å². The summed E-state index contributed by atoms with van der Waals surface area (Å²) >= 11 is 1.25. The van der Waals surface area contributed by atoms with Crippen molar-refractivity contribution >= 4 is 28.3 Å². The van der Waals surface area contributed by atoms with Gasteiger partial charge in [-0.1, -0.05) is 0 Å². The van der Waals surface area contributed by atoms with Gasteiger partial charge in [-0.15, -0.1) is 11.3 Å². The molecule has 0 unspecified atom stereocenters. The highest BCUT2D eigenvalue weighted by atomic mass is 32.1. The first-order chi connectivity index (χ1) is 8.16. The largest absolute Gasteiger partial charge is 0.378 e. The SMILES string of the molecule is CC(=O)Nc1nc(C(=O)N2CCOCC2)cs1. The Hall–Kier alpha value is -1.47. The lowest BCUT2D eigenvalue weighted by Gasteiger charge is -2.25. The molecule has 1 fully saturated rings. The third-order valence-electron chi connectivity index (χ3n) is 2.30. The average molecular weight is 255 g/mol. The van der Waals surface area contributed by atoms with Gasteiger partial charge in [-0.3, -0.25) is 9.59 Å². The number of ether oxygens (including phenoxy) is 1. The fourth-order valence-corrected chi connectivity index (χ4v) is 2.24. The highest BCUT2D eigenvalue weighted by Gasteiger charge is 2.20. The fraction of sp³-hybridized carbons (Fsp3) is 0.500. The summed E-state index contributed by atoms with van der Waals surface area (Å²) in [4.78, 5) is 28.6. The molecule has 2 heterocycles. The van der Waals surface area contributed by atoms with Gasteiger partial charge >= 0.3 is 0 Å². The van der Waals surface area contributed by atoms with Crippen LogP contribution < -0.4 is 5.32 Å². The van der Waals surface area contributed by atoms with Gasteiger partial charge in [0.15, 0.2) is 5.13 Å². The molecule has 0 spiro atoms. The Labute approximate surface area is 103 Å². The van der Waals surface area contributed by atoms with Gasteiger partial charge < -0.3 is 15.0 Å². The number of anilines is 1. The van der Waals surface area contributed by atoms with Gasteiger partial charge in [-0.25, -0.2) is 4.98 Å². The van der Waals surface area contributed by atoms with Gasteiger partial charge in [0.05, 0.1) is 13.2 Å². The average Bonchev–Trinajstić information content (AvgIpc) is 2.77. The number of nitrogens with one attached hydrogen (secondary N) is 1. The summed E-state index contributed by atoms with van der Waals surface area (Å²) < 4.78 is 5.17. The Morgan fingerprint density at radius 3 is 2.82 bits per heavy atom. The summed E-state index contributed by atoms with van der Waals surface area (Å²) in [6, 6.07) is 0. The molecule has 1 N–H and O–H groups in total. The van der Waals surface area contributed by atoms with Crippen molar-refractivity contribution in [3.63, 3.8) is 0 Å². The second-order valence-corrected chi connectivity index (χ2v) is 4.48. The maximum absolute atomic E-state index is 12.0. The van der Waals surface area contributed by atoms with Crippen molar-refractivity contribution < 1.29 is 14.3 Å². The monoisotopic (exact) mass is 255 g/mol. The number of hydrogen-bond donors (Lipinski definition) is 1. The fourth-order valence-electron chi connectivity index (χ4n) is 1.51. The summed E-state index contributed by atoms with van der Waals surface area (Å²) in [5, 5.41) is 4.66. The van der Waals surface area contributed by atoms with Crippen molar-refractivity contribution in [2.24, 2.45) is 0 Å². The molecule has 1 aromatic heterocycles. The third-order valence-corrected chi connectivity index (χ3v) is 3.06. The predicted molar refractivity (Wildman–Crippen MR) is 63.1 cm³/mol. The Bertz CT molecular complexity index is 426. The standard InChI is InChI=1S/C10H13N3O3S/c1-7(14)11-10-12-8(6-17-10)9(15)13-2-4-16-5-3-13/h6H,2-5H2,1H3,(H,11,12,14). The minimum Gasteiger partial charge on any atom is -0.378 e. The molecule has 1 aliphatic heterocycles. The zero-order valence-corrected chi connectivity index (χ0v) is 10.2. The molecule has 0 aliphatic carbocycles. The van der Waals surface area contributed by atoms with Crippen molar-refractivity contribution in [3.8, 4) is 0 Å². The number of carbonyl (C=O) groups excluding carboxylic acids is 2. The normalized spacial score (nSPS) is 15.7. The molecule has 1 aliphatic rings. The van der Waals surface area contributed by atoms with Crippen molar-refractivity contribution in [3.05, 3.63) is 11.1 Å². The van der Waals surface area contributed by atoms with Gasteiger partial charge in [0.25, 0.3) is 5.91 Å². The molecule has 1 aromatic rings. The number of morpholine rings is 1. The Morgan fingerprint density at radius 2 is 2.18 bits per heavy atom. The Morgan fingerprint density at radius 1 is 1.47 bits per heavy atom. The topological polar surface area (TPSA) is 71.5 Å². The summed E-state index contributed by atoms with van der Waals surface area (Å²) in [7, 11) is 0. The van der Waals surface area contributed by atoms with Crippen LogP contribution in [-0.2, 0) is 9.53 Å². The molecule has 6 nitrogen and oxygen atoms in total. The molecule has 1 saturated heterocycles. The molecule has 7 heteroatoms. The van der Waals surface area contributed by atoms with E-state index in [2.05, 4.69) is 10.3 Å². The van der Waals surface area contributed by atoms with Crippen molar-refractivity contribution in [1.82, 2.24) is 9.88 Å². The van der Waals surface area contributed by atoms with Crippen LogP contribution in [-0.4, -0.2) is 48.0 Å². The second-order valence-electron chi connectivity index (χ2n) is 3.62. The summed E-state index contributed by atoms with van der Waals surface area (Å²) in [5.41, 5.74) is 0.376. The molecule has 17 heavy (non-hydrogen) atoms. The maximum Gasteiger partial charge on any atom is 0.273 e. The zero-order chi connectivity index (χ0) is 12.3. The van der Waals surface area contributed by atoms with Crippen molar-refractivity contribution in [1.29, 1.82) is 0 Å². The lowest BCUT2D eigenvalue weighted by atomic mass is 10.3. The van der Waals surface area contributed by atoms with E-state index in [1.807, 2.05) is 0 Å². The van der Waals surface area contributed by atoms with E-state index in [9.17, 15) is 9.59 Å². The molecular formula is C10H13N3O3S. The minimum absolute atomic E-state index is 0.110. The van der Waals surface area contributed by atoms with Gasteiger partial charge in [0.2, 0.25) is 5.91 Å². The van der Waals surface area contributed by atoms with Crippen LogP contribution in [0.25, 0.3) is 0 Å². The first kappa shape index (κ1) is 12.0. The number of aromatic nitrogens is 1. The van der Waals surface area contributed by atoms with Crippen LogP contribution in [0.4, 0.5) is 5.13 Å². The first-order valence-electron chi connectivity index (χ1n) is 5.27. The quantitative estimate of drug-likeness (QED) is 0.838. The van der Waals surface area contributed by atoms with E-state index in [0.717, 1.165) is 0 Å². The van der Waals surface area contributed by atoms with Gasteiger partial charge in [-0.05, 0) is 0 Å². The third kappa shape index (κ3) is 3.01. The van der Waals surface area contributed by atoms with Crippen LogP contribution in [0.3, 0.4) is 0 Å². The van der Waals surface area contributed by atoms with Gasteiger partial charge in [0.1, 0.15) is 5.69 Å². The Kier molecular flexibility index (Phi) is 3.70. The van der Waals surface area contributed by atoms with E-state index >= 15 is 0 Å². The summed E-state index contributed by atoms with van der Waals surface area (Å²) in [6.07, 6.45) is 0. The van der Waals surface area contributed by atoms with E-state index < -0.39 is 0 Å². The number of nitrogens with zero attached hydrogens (tertiary/aromatic N) is 2. The molecule has 0 radical (unpaired) electrons. The number of carbonyl (C=O) groups is 2. The predicted octanol–water partition coefficient (Wildman–Crippen LogP) is 0.574. The molecule has 0 bridgehead atoms. The van der Waals surface area contributed by atoms with E-state index in [1.165, 1.54) is 18.3 Å². The molecule has 0 saturated carbocycles. The van der Waals surface area contributed by atoms with Crippen LogP contribution >= 0.6 is 11.3 Å². The first-order valence-corrected chi connectivity index (χ1v) is 6.15. The number of rotatable bonds is 2. The summed E-state index contributed by atoms with van der Waals surface area (Å²) in [6.45, 7) is 3.71. The molecular weight excluding hydrogens is 242 g/mol. The van der Waals surface area contributed by atoms with E-state index in [-0.39, 0.29) is 11.8 Å². The summed E-state index contributed by atoms with van der Waals surface area (Å²) in [5.74, 6) is -0.300. The highest BCUT2D eigenvalue weighted by molar-refractivity contribution is 7.14. The highest BCUT2D eigenvalue weighted by Crippen LogP contribution is 2.17. The zero-order valence-electron chi connectivity index (χ0n) is 9.43. The molecule has 2 amide bonds. The van der Waals surface area contributed by atoms with E-state index in [0.29, 0.717) is 37.1 Å². The number of hydrogen-bond acceptors (Lipinski definition) is 5. The lowest BCUT2D eigenvalue weighted by molar-refractivity contribution is -0.114. The number of thiazole rings is 1.